The third-order valence-corrected chi connectivity index (χ3v) is 5.13. The molecule has 0 spiro atoms. The number of carbonyl (C=O) groups excluding carboxylic acids is 1. The summed E-state index contributed by atoms with van der Waals surface area (Å²) in [6.07, 6.45) is 0.489. The van der Waals surface area contributed by atoms with Crippen molar-refractivity contribution in [2.75, 3.05) is 11.1 Å². The number of benzene rings is 1. The third kappa shape index (κ3) is 5.14. The summed E-state index contributed by atoms with van der Waals surface area (Å²) in [5.74, 6) is 0.792. The highest BCUT2D eigenvalue weighted by atomic mass is 32.2. The molecule has 0 fully saturated rings. The normalized spacial score (nSPS) is 11.5. The van der Waals surface area contributed by atoms with Gasteiger partial charge in [0.15, 0.2) is 0 Å². The lowest BCUT2D eigenvalue weighted by molar-refractivity contribution is -0.115. The fourth-order valence-corrected chi connectivity index (χ4v) is 3.91. The van der Waals surface area contributed by atoms with Gasteiger partial charge in [-0.15, -0.1) is 11.3 Å². The second kappa shape index (κ2) is 7.29. The Bertz CT molecular complexity index is 644. The van der Waals surface area contributed by atoms with Gasteiger partial charge in [0.2, 0.25) is 5.91 Å². The van der Waals surface area contributed by atoms with Crippen LogP contribution in [0.3, 0.4) is 0 Å². The van der Waals surface area contributed by atoms with E-state index in [9.17, 15) is 4.79 Å². The molecule has 22 heavy (non-hydrogen) atoms. The van der Waals surface area contributed by atoms with Gasteiger partial charge in [0.1, 0.15) is 4.34 Å². The van der Waals surface area contributed by atoms with Crippen molar-refractivity contribution in [1.29, 1.82) is 0 Å². The molecule has 0 saturated heterocycles. The van der Waals surface area contributed by atoms with Gasteiger partial charge in [-0.05, 0) is 24.6 Å². The van der Waals surface area contributed by atoms with Crippen molar-refractivity contribution in [3.8, 4) is 0 Å². The van der Waals surface area contributed by atoms with Gasteiger partial charge < -0.3 is 5.32 Å². The number of thioether (sulfide) groups is 1. The van der Waals surface area contributed by atoms with Gasteiger partial charge >= 0.3 is 0 Å². The molecule has 0 aliphatic carbocycles. The van der Waals surface area contributed by atoms with Crippen LogP contribution in [0.1, 0.15) is 38.4 Å². The smallest absolute Gasteiger partial charge is 0.225 e. The van der Waals surface area contributed by atoms with Crippen molar-refractivity contribution < 1.29 is 4.79 Å². The number of hydrogen-bond acceptors (Lipinski definition) is 4. The average molecular weight is 335 g/mol. The van der Waals surface area contributed by atoms with Gasteiger partial charge in [-0.1, -0.05) is 44.7 Å². The molecule has 2 aromatic rings. The van der Waals surface area contributed by atoms with Crippen molar-refractivity contribution in [2.45, 2.75) is 43.9 Å². The zero-order chi connectivity index (χ0) is 16.2. The number of nitrogens with zero attached hydrogens (tertiary/aromatic N) is 1. The number of aryl methyl sites for hydroxylation is 1. The number of thiazole rings is 1. The summed E-state index contributed by atoms with van der Waals surface area (Å²) in [5.41, 5.74) is 3.20. The molecule has 0 bridgehead atoms. The Labute approximate surface area is 140 Å². The second-order valence-electron chi connectivity index (χ2n) is 6.26. The molecule has 0 saturated carbocycles. The monoisotopic (exact) mass is 334 g/mol. The highest BCUT2D eigenvalue weighted by Gasteiger charge is 2.17. The fourth-order valence-electron chi connectivity index (χ4n) is 1.85. The Morgan fingerprint density at radius 3 is 2.77 bits per heavy atom. The number of hydrogen-bond donors (Lipinski definition) is 1. The van der Waals surface area contributed by atoms with Crippen LogP contribution in [0, 0.1) is 6.92 Å². The van der Waals surface area contributed by atoms with Crippen LogP contribution in [0.15, 0.2) is 34.0 Å². The predicted molar refractivity (Wildman–Crippen MR) is 96.0 cm³/mol. The molecule has 5 heteroatoms. The van der Waals surface area contributed by atoms with Crippen LogP contribution in [-0.4, -0.2) is 16.6 Å². The molecule has 118 valence electrons. The predicted octanol–water partition coefficient (Wildman–Crippen LogP) is 4.87. The number of carbonyl (C=O) groups is 1. The van der Waals surface area contributed by atoms with Crippen LogP contribution in [0.25, 0.3) is 0 Å². The minimum absolute atomic E-state index is 0.0469. The SMILES string of the molecule is Cc1cccc(NC(=O)CCSc2nc(C(C)(C)C)cs2)c1. The molecule has 1 heterocycles. The van der Waals surface area contributed by atoms with Gasteiger partial charge in [-0.3, -0.25) is 4.79 Å². The van der Waals surface area contributed by atoms with E-state index in [1.165, 1.54) is 0 Å². The molecular weight excluding hydrogens is 312 g/mol. The zero-order valence-corrected chi connectivity index (χ0v) is 15.1. The van der Waals surface area contributed by atoms with Crippen molar-refractivity contribution in [3.05, 3.63) is 40.9 Å². The Balaban J connectivity index is 1.79. The molecule has 0 atom stereocenters. The van der Waals surface area contributed by atoms with Crippen molar-refractivity contribution in [1.82, 2.24) is 4.98 Å². The van der Waals surface area contributed by atoms with Crippen molar-refractivity contribution >= 4 is 34.7 Å². The Morgan fingerprint density at radius 2 is 2.14 bits per heavy atom. The number of amides is 1. The van der Waals surface area contributed by atoms with E-state index >= 15 is 0 Å². The molecule has 1 aromatic heterocycles. The first-order valence-corrected chi connectivity index (χ1v) is 9.16. The number of rotatable bonds is 5. The molecule has 1 N–H and O–H groups in total. The van der Waals surface area contributed by atoms with E-state index in [2.05, 4.69) is 36.5 Å². The van der Waals surface area contributed by atoms with E-state index < -0.39 is 0 Å². The first kappa shape index (κ1) is 17.0. The van der Waals surface area contributed by atoms with E-state index in [1.54, 1.807) is 23.1 Å². The molecular formula is C17H22N2OS2. The van der Waals surface area contributed by atoms with Gasteiger partial charge in [0.05, 0.1) is 5.69 Å². The maximum Gasteiger partial charge on any atom is 0.225 e. The quantitative estimate of drug-likeness (QED) is 0.793. The summed E-state index contributed by atoms with van der Waals surface area (Å²) in [4.78, 5) is 16.6. The lowest BCUT2D eigenvalue weighted by atomic mass is 9.93. The van der Waals surface area contributed by atoms with E-state index in [1.807, 2.05) is 31.2 Å². The molecule has 0 aliphatic heterocycles. The van der Waals surface area contributed by atoms with Crippen LogP contribution in [0.5, 0.6) is 0 Å². The summed E-state index contributed by atoms with van der Waals surface area (Å²) >= 11 is 3.30. The Kier molecular flexibility index (Phi) is 5.64. The van der Waals surface area contributed by atoms with Gasteiger partial charge in [0.25, 0.3) is 0 Å². The highest BCUT2D eigenvalue weighted by Crippen LogP contribution is 2.29. The summed E-state index contributed by atoms with van der Waals surface area (Å²) in [6, 6.07) is 7.85. The third-order valence-electron chi connectivity index (χ3n) is 3.11. The number of nitrogens with one attached hydrogen (secondary N) is 1. The summed E-state index contributed by atoms with van der Waals surface area (Å²) in [7, 11) is 0. The maximum atomic E-state index is 11.9. The number of aromatic nitrogens is 1. The Hall–Kier alpha value is -1.33. The van der Waals surface area contributed by atoms with Crippen LogP contribution < -0.4 is 5.32 Å². The number of anilines is 1. The van der Waals surface area contributed by atoms with Crippen molar-refractivity contribution in [3.63, 3.8) is 0 Å². The van der Waals surface area contributed by atoms with Crippen LogP contribution in [-0.2, 0) is 10.2 Å². The summed E-state index contributed by atoms with van der Waals surface area (Å²) in [5, 5.41) is 5.04. The first-order valence-electron chi connectivity index (χ1n) is 7.30. The van der Waals surface area contributed by atoms with E-state index in [0.29, 0.717) is 6.42 Å². The minimum Gasteiger partial charge on any atom is -0.326 e. The van der Waals surface area contributed by atoms with E-state index in [0.717, 1.165) is 27.0 Å². The second-order valence-corrected chi connectivity index (χ2v) is 8.46. The summed E-state index contributed by atoms with van der Waals surface area (Å²) < 4.78 is 1.04. The molecule has 1 aromatic carbocycles. The topological polar surface area (TPSA) is 42.0 Å². The molecule has 1 amide bonds. The van der Waals surface area contributed by atoms with E-state index in [-0.39, 0.29) is 11.3 Å². The maximum absolute atomic E-state index is 11.9. The van der Waals surface area contributed by atoms with Crippen LogP contribution >= 0.6 is 23.1 Å². The first-order chi connectivity index (χ1) is 10.3. The van der Waals surface area contributed by atoms with Crippen LogP contribution in [0.2, 0.25) is 0 Å². The molecule has 0 unspecified atom stereocenters. The minimum atomic E-state index is 0.0469. The Morgan fingerprint density at radius 1 is 1.36 bits per heavy atom. The fraction of sp³-hybridized carbons (Fsp3) is 0.412. The highest BCUT2D eigenvalue weighted by molar-refractivity contribution is 8.01. The van der Waals surface area contributed by atoms with E-state index in [4.69, 9.17) is 0 Å². The summed E-state index contributed by atoms with van der Waals surface area (Å²) in [6.45, 7) is 8.49. The average Bonchev–Trinajstić information content (AvgIpc) is 2.87. The largest absolute Gasteiger partial charge is 0.326 e. The molecule has 0 aliphatic rings. The lowest BCUT2D eigenvalue weighted by Gasteiger charge is -2.14. The van der Waals surface area contributed by atoms with Crippen molar-refractivity contribution in [2.24, 2.45) is 0 Å². The molecule has 0 radical (unpaired) electrons. The van der Waals surface area contributed by atoms with Gasteiger partial charge in [0, 0.05) is 28.7 Å². The lowest BCUT2D eigenvalue weighted by Crippen LogP contribution is -2.12. The van der Waals surface area contributed by atoms with Gasteiger partial charge in [-0.25, -0.2) is 4.98 Å². The molecule has 3 nitrogen and oxygen atoms in total. The standard InChI is InChI=1S/C17H22N2OS2/c1-12-6-5-7-13(10-12)18-15(20)8-9-21-16-19-14(11-22-16)17(2,3)4/h5-7,10-11H,8-9H2,1-4H3,(H,18,20). The molecule has 2 rings (SSSR count). The zero-order valence-electron chi connectivity index (χ0n) is 13.5. The van der Waals surface area contributed by atoms with Gasteiger partial charge in [-0.2, -0.15) is 0 Å². The van der Waals surface area contributed by atoms with Crippen LogP contribution in [0.4, 0.5) is 5.69 Å².